The number of rotatable bonds is 6. The molecule has 0 aromatic heterocycles. The van der Waals surface area contributed by atoms with Gasteiger partial charge in [-0.05, 0) is 19.5 Å². The number of likely N-dealkylation sites (N-methyl/N-ethyl adjacent to an activating group) is 2. The molecule has 5 nitrogen and oxygen atoms in total. The lowest BCUT2D eigenvalue weighted by Gasteiger charge is -2.26. The second-order valence-corrected chi connectivity index (χ2v) is 5.90. The first kappa shape index (κ1) is 16.5. The minimum atomic E-state index is -0.222. The largest absolute Gasteiger partial charge is 0.344 e. The van der Waals surface area contributed by atoms with Crippen LogP contribution in [0.1, 0.15) is 24.9 Å². The lowest BCUT2D eigenvalue weighted by atomic mass is 10.1. The average Bonchev–Trinajstić information content (AvgIpc) is 2.93. The number of carbonyl (C=O) groups is 2. The number of nitrogens with zero attached hydrogens (tertiary/aromatic N) is 2. The number of nitrogens with one attached hydrogen (secondary N) is 1. The van der Waals surface area contributed by atoms with Gasteiger partial charge in [-0.3, -0.25) is 9.59 Å². The number of carbonyl (C=O) groups excluding carboxylic acids is 2. The van der Waals surface area contributed by atoms with Crippen LogP contribution in [0.3, 0.4) is 0 Å². The lowest BCUT2D eigenvalue weighted by molar-refractivity contribution is -0.134. The number of amides is 2. The first-order valence-corrected chi connectivity index (χ1v) is 7.78. The van der Waals surface area contributed by atoms with Gasteiger partial charge in [-0.25, -0.2) is 0 Å². The summed E-state index contributed by atoms with van der Waals surface area (Å²) < 4.78 is 0. The summed E-state index contributed by atoms with van der Waals surface area (Å²) >= 11 is 0. The van der Waals surface area contributed by atoms with E-state index in [-0.39, 0.29) is 23.8 Å². The summed E-state index contributed by atoms with van der Waals surface area (Å²) in [6.45, 7) is 3.95. The minimum absolute atomic E-state index is 0.00844. The number of benzene rings is 1. The molecule has 1 fully saturated rings. The topological polar surface area (TPSA) is 52.7 Å². The maximum absolute atomic E-state index is 12.4. The second-order valence-electron chi connectivity index (χ2n) is 5.90. The summed E-state index contributed by atoms with van der Waals surface area (Å²) in [5.41, 5.74) is 1.10. The average molecular weight is 303 g/mol. The zero-order valence-electron chi connectivity index (χ0n) is 13.6. The van der Waals surface area contributed by atoms with Crippen molar-refractivity contribution in [2.45, 2.75) is 19.4 Å². The number of hydrogen-bond donors (Lipinski definition) is 1. The van der Waals surface area contributed by atoms with Gasteiger partial charge in [-0.1, -0.05) is 30.3 Å². The molecule has 2 atom stereocenters. The first-order chi connectivity index (χ1) is 10.5. The van der Waals surface area contributed by atoms with Crippen molar-refractivity contribution in [3.63, 3.8) is 0 Å². The Morgan fingerprint density at radius 1 is 1.41 bits per heavy atom. The van der Waals surface area contributed by atoms with Crippen LogP contribution in [-0.2, 0) is 9.59 Å². The molecule has 0 bridgehead atoms. The molecule has 0 spiro atoms. The van der Waals surface area contributed by atoms with Crippen LogP contribution in [0, 0.1) is 5.92 Å². The molecule has 2 rings (SSSR count). The highest BCUT2D eigenvalue weighted by Crippen LogP contribution is 2.29. The molecule has 1 heterocycles. The molecule has 5 heteroatoms. The summed E-state index contributed by atoms with van der Waals surface area (Å²) in [7, 11) is 3.66. The molecule has 0 saturated carbocycles. The Morgan fingerprint density at radius 3 is 2.73 bits per heavy atom. The fourth-order valence-corrected chi connectivity index (χ4v) is 2.88. The van der Waals surface area contributed by atoms with Gasteiger partial charge in [0.05, 0.1) is 12.0 Å². The molecule has 1 aliphatic heterocycles. The summed E-state index contributed by atoms with van der Waals surface area (Å²) in [6.07, 6.45) is 0.319. The molecule has 120 valence electrons. The van der Waals surface area contributed by atoms with E-state index in [9.17, 15) is 9.59 Å². The number of likely N-dealkylation sites (tertiary alicyclic amines) is 1. The predicted octanol–water partition coefficient (Wildman–Crippen LogP) is 1.27. The van der Waals surface area contributed by atoms with Crippen LogP contribution in [0.15, 0.2) is 30.3 Å². The van der Waals surface area contributed by atoms with Crippen molar-refractivity contribution >= 4 is 11.8 Å². The van der Waals surface area contributed by atoms with Crippen molar-refractivity contribution in [3.05, 3.63) is 35.9 Å². The molecular formula is C17H25N3O2. The van der Waals surface area contributed by atoms with Gasteiger partial charge >= 0.3 is 0 Å². The molecule has 1 aromatic carbocycles. The third-order valence-electron chi connectivity index (χ3n) is 4.33. The van der Waals surface area contributed by atoms with E-state index in [0.29, 0.717) is 19.5 Å². The fourth-order valence-electron chi connectivity index (χ4n) is 2.88. The maximum Gasteiger partial charge on any atom is 0.227 e. The molecule has 22 heavy (non-hydrogen) atoms. The Bertz CT molecular complexity index is 518. The Labute approximate surface area is 132 Å². The zero-order valence-corrected chi connectivity index (χ0v) is 13.6. The lowest BCUT2D eigenvalue weighted by Crippen LogP contribution is -2.38. The third kappa shape index (κ3) is 3.65. The Morgan fingerprint density at radius 2 is 2.09 bits per heavy atom. The molecule has 1 saturated heterocycles. The highest BCUT2D eigenvalue weighted by molar-refractivity contribution is 5.89. The van der Waals surface area contributed by atoms with Gasteiger partial charge in [0.25, 0.3) is 0 Å². The van der Waals surface area contributed by atoms with E-state index < -0.39 is 0 Å². The highest BCUT2D eigenvalue weighted by Gasteiger charge is 2.37. The van der Waals surface area contributed by atoms with Crippen LogP contribution in [0.5, 0.6) is 0 Å². The van der Waals surface area contributed by atoms with Crippen molar-refractivity contribution < 1.29 is 9.59 Å². The highest BCUT2D eigenvalue weighted by atomic mass is 16.2. The van der Waals surface area contributed by atoms with Crippen LogP contribution in [0.4, 0.5) is 0 Å². The van der Waals surface area contributed by atoms with Gasteiger partial charge in [-0.15, -0.1) is 0 Å². The summed E-state index contributed by atoms with van der Waals surface area (Å²) in [5, 5.41) is 3.03. The van der Waals surface area contributed by atoms with Crippen molar-refractivity contribution in [2.75, 3.05) is 33.7 Å². The van der Waals surface area contributed by atoms with Gasteiger partial charge < -0.3 is 15.1 Å². The van der Waals surface area contributed by atoms with Crippen molar-refractivity contribution in [2.24, 2.45) is 5.92 Å². The molecular weight excluding hydrogens is 278 g/mol. The van der Waals surface area contributed by atoms with Crippen LogP contribution in [0.25, 0.3) is 0 Å². The SMILES string of the molecule is CNCCN(C)C(=O)C1CC(=O)N(C(C)c2ccccc2)C1. The second kappa shape index (κ2) is 7.40. The molecule has 2 unspecified atom stereocenters. The monoisotopic (exact) mass is 303 g/mol. The first-order valence-electron chi connectivity index (χ1n) is 7.78. The van der Waals surface area contributed by atoms with E-state index in [1.54, 1.807) is 11.9 Å². The van der Waals surface area contributed by atoms with Crippen molar-refractivity contribution in [1.29, 1.82) is 0 Å². The Hall–Kier alpha value is -1.88. The predicted molar refractivity (Wildman–Crippen MR) is 86.2 cm³/mol. The van der Waals surface area contributed by atoms with Crippen LogP contribution in [0.2, 0.25) is 0 Å². The van der Waals surface area contributed by atoms with Crippen molar-refractivity contribution in [1.82, 2.24) is 15.1 Å². The smallest absolute Gasteiger partial charge is 0.227 e. The molecule has 1 N–H and O–H groups in total. The standard InChI is InChI=1S/C17H25N3O2/c1-13(14-7-5-4-6-8-14)20-12-15(11-16(20)21)17(22)19(3)10-9-18-2/h4-8,13,15,18H,9-12H2,1-3H3. The third-order valence-corrected chi connectivity index (χ3v) is 4.33. The maximum atomic E-state index is 12.4. The van der Waals surface area contributed by atoms with E-state index in [0.717, 1.165) is 12.1 Å². The van der Waals surface area contributed by atoms with E-state index in [2.05, 4.69) is 5.32 Å². The Kier molecular flexibility index (Phi) is 5.55. The van der Waals surface area contributed by atoms with Gasteiger partial charge in [0.1, 0.15) is 0 Å². The van der Waals surface area contributed by atoms with Gasteiger partial charge in [0, 0.05) is 33.1 Å². The van der Waals surface area contributed by atoms with Crippen LogP contribution in [-0.4, -0.2) is 55.3 Å². The Balaban J connectivity index is 2.00. The molecule has 0 radical (unpaired) electrons. The van der Waals surface area contributed by atoms with E-state index >= 15 is 0 Å². The van der Waals surface area contributed by atoms with E-state index in [1.165, 1.54) is 0 Å². The van der Waals surface area contributed by atoms with Gasteiger partial charge in [0.15, 0.2) is 0 Å². The van der Waals surface area contributed by atoms with E-state index in [1.807, 2.05) is 49.2 Å². The normalized spacial score (nSPS) is 19.3. The summed E-state index contributed by atoms with van der Waals surface area (Å²) in [6, 6.07) is 9.96. The molecule has 1 aromatic rings. The molecule has 1 aliphatic rings. The van der Waals surface area contributed by atoms with Gasteiger partial charge in [-0.2, -0.15) is 0 Å². The minimum Gasteiger partial charge on any atom is -0.344 e. The fraction of sp³-hybridized carbons (Fsp3) is 0.529. The molecule has 2 amide bonds. The van der Waals surface area contributed by atoms with Crippen molar-refractivity contribution in [3.8, 4) is 0 Å². The van der Waals surface area contributed by atoms with Crippen LogP contribution >= 0.6 is 0 Å². The summed E-state index contributed by atoms with van der Waals surface area (Å²) in [5.74, 6) is -0.0939. The number of hydrogen-bond acceptors (Lipinski definition) is 3. The quantitative estimate of drug-likeness (QED) is 0.861. The van der Waals surface area contributed by atoms with Crippen LogP contribution < -0.4 is 5.32 Å². The van der Waals surface area contributed by atoms with Gasteiger partial charge in [0.2, 0.25) is 11.8 Å². The van der Waals surface area contributed by atoms with E-state index in [4.69, 9.17) is 0 Å². The summed E-state index contributed by atoms with van der Waals surface area (Å²) in [4.78, 5) is 28.2. The molecule has 0 aliphatic carbocycles. The zero-order chi connectivity index (χ0) is 16.1.